The van der Waals surface area contributed by atoms with Gasteiger partial charge in [-0.1, -0.05) is 23.7 Å². The number of amides is 1. The van der Waals surface area contributed by atoms with Gasteiger partial charge in [0, 0.05) is 19.4 Å². The molecule has 0 saturated carbocycles. The summed E-state index contributed by atoms with van der Waals surface area (Å²) < 4.78 is 1.87. The van der Waals surface area contributed by atoms with Crippen LogP contribution in [0.25, 0.3) is 11.3 Å². The molecule has 2 aromatic heterocycles. The molecule has 0 spiro atoms. The molecule has 7 heteroatoms. The van der Waals surface area contributed by atoms with Gasteiger partial charge in [-0.15, -0.1) is 22.7 Å². The van der Waals surface area contributed by atoms with E-state index in [0.29, 0.717) is 15.9 Å². The predicted octanol–water partition coefficient (Wildman–Crippen LogP) is 5.31. The molecule has 3 aromatic rings. The van der Waals surface area contributed by atoms with Gasteiger partial charge in [0.1, 0.15) is 0 Å². The summed E-state index contributed by atoms with van der Waals surface area (Å²) in [5.41, 5.74) is 1.91. The second-order valence-electron chi connectivity index (χ2n) is 4.48. The zero-order chi connectivity index (χ0) is 15.5. The molecule has 1 aromatic carbocycles. The van der Waals surface area contributed by atoms with Crippen molar-refractivity contribution in [1.29, 1.82) is 0 Å². The Morgan fingerprint density at radius 3 is 2.68 bits per heavy atom. The summed E-state index contributed by atoms with van der Waals surface area (Å²) in [5, 5.41) is 5.39. The van der Waals surface area contributed by atoms with Gasteiger partial charge in [0.2, 0.25) is 5.91 Å². The quantitative estimate of drug-likeness (QED) is 0.536. The number of thiophene rings is 1. The van der Waals surface area contributed by atoms with Crippen LogP contribution in [0, 0.1) is 3.57 Å². The Hall–Kier alpha value is -0.960. The van der Waals surface area contributed by atoms with E-state index in [2.05, 4.69) is 32.9 Å². The van der Waals surface area contributed by atoms with Crippen molar-refractivity contribution in [1.82, 2.24) is 4.98 Å². The molecule has 3 rings (SSSR count). The molecule has 22 heavy (non-hydrogen) atoms. The molecule has 0 bridgehead atoms. The number of carbonyl (C=O) groups is 1. The summed E-state index contributed by atoms with van der Waals surface area (Å²) in [4.78, 5) is 17.4. The van der Waals surface area contributed by atoms with E-state index >= 15 is 0 Å². The van der Waals surface area contributed by atoms with Crippen molar-refractivity contribution >= 4 is 67.9 Å². The minimum Gasteiger partial charge on any atom is -0.302 e. The third-order valence-electron chi connectivity index (χ3n) is 2.85. The van der Waals surface area contributed by atoms with Crippen LogP contribution in [-0.2, 0) is 11.2 Å². The largest absolute Gasteiger partial charge is 0.302 e. The van der Waals surface area contributed by atoms with Gasteiger partial charge in [0.05, 0.1) is 16.5 Å². The Morgan fingerprint density at radius 2 is 2.00 bits per heavy atom. The SMILES string of the molecule is O=C(Cc1ccc(Cl)s1)Nc1nc(-c2ccc(I)cc2)cs1. The van der Waals surface area contributed by atoms with Gasteiger partial charge in [-0.2, -0.15) is 0 Å². The molecule has 0 aliphatic carbocycles. The zero-order valence-electron chi connectivity index (χ0n) is 11.2. The van der Waals surface area contributed by atoms with Gasteiger partial charge >= 0.3 is 0 Å². The van der Waals surface area contributed by atoms with Gasteiger partial charge in [0.15, 0.2) is 5.13 Å². The fraction of sp³-hybridized carbons (Fsp3) is 0.0667. The van der Waals surface area contributed by atoms with Crippen LogP contribution in [0.1, 0.15) is 4.88 Å². The molecule has 2 heterocycles. The molecule has 1 N–H and O–H groups in total. The van der Waals surface area contributed by atoms with Crippen molar-refractivity contribution in [2.45, 2.75) is 6.42 Å². The monoisotopic (exact) mass is 460 g/mol. The number of rotatable bonds is 4. The van der Waals surface area contributed by atoms with Crippen molar-refractivity contribution in [3.63, 3.8) is 0 Å². The number of nitrogens with one attached hydrogen (secondary N) is 1. The van der Waals surface area contributed by atoms with E-state index in [0.717, 1.165) is 16.1 Å². The molecule has 0 radical (unpaired) electrons. The third kappa shape index (κ3) is 4.07. The lowest BCUT2D eigenvalue weighted by molar-refractivity contribution is -0.115. The highest BCUT2D eigenvalue weighted by Crippen LogP contribution is 2.26. The third-order valence-corrected chi connectivity index (χ3v) is 5.56. The van der Waals surface area contributed by atoms with Crippen molar-refractivity contribution in [2.75, 3.05) is 5.32 Å². The van der Waals surface area contributed by atoms with Gasteiger partial charge in [-0.25, -0.2) is 4.98 Å². The van der Waals surface area contributed by atoms with Crippen molar-refractivity contribution in [2.24, 2.45) is 0 Å². The standard InChI is InChI=1S/C15H10ClIN2OS2/c16-13-6-5-11(22-13)7-14(20)19-15-18-12(8-21-15)9-1-3-10(17)4-2-9/h1-6,8H,7H2,(H,18,19,20). The van der Waals surface area contributed by atoms with Crippen LogP contribution >= 0.6 is 56.9 Å². The lowest BCUT2D eigenvalue weighted by Crippen LogP contribution is -2.13. The van der Waals surface area contributed by atoms with Gasteiger partial charge < -0.3 is 5.32 Å². The summed E-state index contributed by atoms with van der Waals surface area (Å²) >= 11 is 11.0. The molecule has 0 aliphatic rings. The highest BCUT2D eigenvalue weighted by atomic mass is 127. The van der Waals surface area contributed by atoms with Crippen LogP contribution in [0.2, 0.25) is 4.34 Å². The maximum Gasteiger partial charge on any atom is 0.231 e. The highest BCUT2D eigenvalue weighted by molar-refractivity contribution is 14.1. The fourth-order valence-corrected chi connectivity index (χ4v) is 4.03. The van der Waals surface area contributed by atoms with Crippen molar-refractivity contribution in [3.05, 3.63) is 54.6 Å². The number of benzene rings is 1. The van der Waals surface area contributed by atoms with Crippen LogP contribution < -0.4 is 5.32 Å². The Labute approximate surface area is 154 Å². The van der Waals surface area contributed by atoms with Crippen LogP contribution in [-0.4, -0.2) is 10.9 Å². The Bertz CT molecular complexity index is 798. The first-order chi connectivity index (χ1) is 10.6. The highest BCUT2D eigenvalue weighted by Gasteiger charge is 2.10. The topological polar surface area (TPSA) is 42.0 Å². The fourth-order valence-electron chi connectivity index (χ4n) is 1.85. The summed E-state index contributed by atoms with van der Waals surface area (Å²) in [7, 11) is 0. The first-order valence-corrected chi connectivity index (χ1v) is 9.51. The van der Waals surface area contributed by atoms with Crippen molar-refractivity contribution in [3.8, 4) is 11.3 Å². The number of halogens is 2. The number of thiazole rings is 1. The van der Waals surface area contributed by atoms with Crippen molar-refractivity contribution < 1.29 is 4.79 Å². The number of hydrogen-bond donors (Lipinski definition) is 1. The molecule has 0 saturated heterocycles. The number of carbonyl (C=O) groups excluding carboxylic acids is 1. The van der Waals surface area contributed by atoms with Gasteiger partial charge in [-0.3, -0.25) is 4.79 Å². The zero-order valence-corrected chi connectivity index (χ0v) is 15.7. The van der Waals surface area contributed by atoms with E-state index in [9.17, 15) is 4.79 Å². The number of aromatic nitrogens is 1. The number of hydrogen-bond acceptors (Lipinski definition) is 4. The second-order valence-corrected chi connectivity index (χ2v) is 8.38. The summed E-state index contributed by atoms with van der Waals surface area (Å²) in [5.74, 6) is -0.0815. The predicted molar refractivity (Wildman–Crippen MR) is 102 cm³/mol. The first-order valence-electron chi connectivity index (χ1n) is 6.36. The molecule has 0 atom stereocenters. The Balaban J connectivity index is 1.66. The summed E-state index contributed by atoms with van der Waals surface area (Å²) in [6, 6.07) is 11.8. The molecule has 1 amide bonds. The average molecular weight is 461 g/mol. The summed E-state index contributed by atoms with van der Waals surface area (Å²) in [6.45, 7) is 0. The second kappa shape index (κ2) is 7.08. The Morgan fingerprint density at radius 1 is 1.23 bits per heavy atom. The lowest BCUT2D eigenvalue weighted by atomic mass is 10.2. The lowest BCUT2D eigenvalue weighted by Gasteiger charge is -2.00. The molecule has 0 unspecified atom stereocenters. The average Bonchev–Trinajstić information content (AvgIpc) is 3.09. The van der Waals surface area contributed by atoms with E-state index in [4.69, 9.17) is 11.6 Å². The molecule has 0 fully saturated rings. The molecular weight excluding hydrogens is 451 g/mol. The molecular formula is C15H10ClIN2OS2. The van der Waals surface area contributed by atoms with E-state index in [1.807, 2.05) is 35.7 Å². The minimum absolute atomic E-state index is 0.0815. The normalized spacial score (nSPS) is 10.6. The summed E-state index contributed by atoms with van der Waals surface area (Å²) in [6.07, 6.45) is 0.315. The Kier molecular flexibility index (Phi) is 5.12. The van der Waals surface area contributed by atoms with Crippen LogP contribution in [0.15, 0.2) is 41.8 Å². The first kappa shape index (κ1) is 15.9. The number of nitrogens with zero attached hydrogens (tertiary/aromatic N) is 1. The number of anilines is 1. The van der Waals surface area contributed by atoms with E-state index in [1.165, 1.54) is 26.2 Å². The maximum absolute atomic E-state index is 12.0. The van der Waals surface area contributed by atoms with E-state index in [1.54, 1.807) is 6.07 Å². The molecule has 112 valence electrons. The van der Waals surface area contributed by atoms with Crippen LogP contribution in [0.4, 0.5) is 5.13 Å². The van der Waals surface area contributed by atoms with Crippen LogP contribution in [0.5, 0.6) is 0 Å². The minimum atomic E-state index is -0.0815. The molecule has 3 nitrogen and oxygen atoms in total. The smallest absolute Gasteiger partial charge is 0.231 e. The van der Waals surface area contributed by atoms with E-state index < -0.39 is 0 Å². The van der Waals surface area contributed by atoms with Crippen LogP contribution in [0.3, 0.4) is 0 Å². The maximum atomic E-state index is 12.0. The molecule has 0 aliphatic heterocycles. The van der Waals surface area contributed by atoms with E-state index in [-0.39, 0.29) is 5.91 Å². The van der Waals surface area contributed by atoms with Gasteiger partial charge in [0.25, 0.3) is 0 Å². The van der Waals surface area contributed by atoms with Gasteiger partial charge in [-0.05, 0) is 46.9 Å².